The van der Waals surface area contributed by atoms with Crippen molar-refractivity contribution < 1.29 is 26.3 Å². The maximum Gasteiger partial charge on any atom is 0.391 e. The number of halogens is 6. The average Bonchev–Trinajstić information content (AvgIpc) is 2.44. The SMILES string of the molecule is FC(F)(F)C1CC(C2[C]3CC4CC(C3)CC2C4)CC(C(F)(F)F)C1. The van der Waals surface area contributed by atoms with Crippen molar-refractivity contribution in [2.24, 2.45) is 41.4 Å². The van der Waals surface area contributed by atoms with E-state index >= 15 is 0 Å². The van der Waals surface area contributed by atoms with Gasteiger partial charge < -0.3 is 0 Å². The lowest BCUT2D eigenvalue weighted by Crippen LogP contribution is -2.49. The first-order chi connectivity index (χ1) is 11.1. The van der Waals surface area contributed by atoms with Crippen molar-refractivity contribution in [2.75, 3.05) is 0 Å². The molecule has 24 heavy (non-hydrogen) atoms. The summed E-state index contributed by atoms with van der Waals surface area (Å²) in [5, 5.41) is 0. The molecule has 0 saturated heterocycles. The third-order valence-electron chi connectivity index (χ3n) is 7.20. The maximum absolute atomic E-state index is 13.2. The predicted molar refractivity (Wildman–Crippen MR) is 76.7 cm³/mol. The fraction of sp³-hybridized carbons (Fsp3) is 0.944. The average molecular weight is 353 g/mol. The number of alkyl halides is 6. The van der Waals surface area contributed by atoms with Gasteiger partial charge in [0.1, 0.15) is 0 Å². The summed E-state index contributed by atoms with van der Waals surface area (Å²) in [5.74, 6) is -1.04. The summed E-state index contributed by atoms with van der Waals surface area (Å²) < 4.78 is 79.4. The smallest absolute Gasteiger partial charge is 0.171 e. The van der Waals surface area contributed by atoms with Crippen LogP contribution in [0.15, 0.2) is 0 Å². The van der Waals surface area contributed by atoms with Crippen molar-refractivity contribution in [1.82, 2.24) is 0 Å². The minimum atomic E-state index is -4.52. The van der Waals surface area contributed by atoms with Gasteiger partial charge in [0.2, 0.25) is 0 Å². The molecule has 0 aliphatic heterocycles. The van der Waals surface area contributed by atoms with Crippen molar-refractivity contribution in [3.63, 3.8) is 0 Å². The first-order valence-corrected chi connectivity index (χ1v) is 9.09. The van der Waals surface area contributed by atoms with Gasteiger partial charge in [0, 0.05) is 0 Å². The van der Waals surface area contributed by atoms with Crippen LogP contribution in [0.1, 0.15) is 51.4 Å². The predicted octanol–water partition coefficient (Wildman–Crippen LogP) is 6.17. The van der Waals surface area contributed by atoms with Gasteiger partial charge in [-0.25, -0.2) is 0 Å². The van der Waals surface area contributed by atoms with Crippen molar-refractivity contribution >= 4 is 0 Å². The fourth-order valence-corrected chi connectivity index (χ4v) is 6.58. The number of rotatable bonds is 1. The number of hydrogen-bond donors (Lipinski definition) is 0. The van der Waals surface area contributed by atoms with Crippen LogP contribution >= 0.6 is 0 Å². The Hall–Kier alpha value is -0.420. The zero-order chi connectivity index (χ0) is 17.3. The molecule has 5 saturated carbocycles. The maximum atomic E-state index is 13.2. The third-order valence-corrected chi connectivity index (χ3v) is 7.20. The highest BCUT2D eigenvalue weighted by Crippen LogP contribution is 2.62. The third kappa shape index (κ3) is 2.96. The van der Waals surface area contributed by atoms with Crippen LogP contribution in [0, 0.1) is 47.3 Å². The summed E-state index contributed by atoms with van der Waals surface area (Å²) in [6.45, 7) is 0. The van der Waals surface area contributed by atoms with E-state index in [9.17, 15) is 26.3 Å². The van der Waals surface area contributed by atoms with Crippen molar-refractivity contribution in [2.45, 2.75) is 63.7 Å². The Balaban J connectivity index is 1.57. The van der Waals surface area contributed by atoms with E-state index in [4.69, 9.17) is 0 Å². The largest absolute Gasteiger partial charge is 0.391 e. The van der Waals surface area contributed by atoms with Crippen LogP contribution in [-0.4, -0.2) is 12.4 Å². The van der Waals surface area contributed by atoms with Crippen molar-refractivity contribution in [3.8, 4) is 0 Å². The Morgan fingerprint density at radius 1 is 0.583 bits per heavy atom. The van der Waals surface area contributed by atoms with Gasteiger partial charge in [-0.05, 0) is 86.9 Å². The topological polar surface area (TPSA) is 0 Å². The van der Waals surface area contributed by atoms with Crippen molar-refractivity contribution in [3.05, 3.63) is 5.92 Å². The molecule has 0 spiro atoms. The van der Waals surface area contributed by atoms with E-state index < -0.39 is 36.5 Å². The quantitative estimate of drug-likeness (QED) is 0.494. The van der Waals surface area contributed by atoms with Crippen LogP contribution in [-0.2, 0) is 0 Å². The summed E-state index contributed by atoms with van der Waals surface area (Å²) in [6, 6.07) is 0. The van der Waals surface area contributed by atoms with Crippen LogP contribution < -0.4 is 0 Å². The highest BCUT2D eigenvalue weighted by Gasteiger charge is 2.57. The molecule has 5 atom stereocenters. The second-order valence-corrected chi connectivity index (χ2v) is 8.74. The molecule has 4 bridgehead atoms. The molecule has 5 aliphatic rings. The second kappa shape index (κ2) is 5.54. The van der Waals surface area contributed by atoms with Gasteiger partial charge in [-0.1, -0.05) is 0 Å². The first kappa shape index (κ1) is 17.0. The molecule has 0 N–H and O–H groups in total. The molecule has 0 heterocycles. The molecule has 5 rings (SSSR count). The molecule has 137 valence electrons. The Morgan fingerprint density at radius 2 is 1.04 bits per heavy atom. The molecule has 0 nitrogen and oxygen atoms in total. The van der Waals surface area contributed by atoms with Gasteiger partial charge >= 0.3 is 12.4 Å². The van der Waals surface area contributed by atoms with Crippen LogP contribution in [0.4, 0.5) is 26.3 Å². The summed E-state index contributed by atoms with van der Waals surface area (Å²) >= 11 is 0. The standard InChI is InChI=1S/C18H23F6/c19-17(20,21)14-6-13(7-15(8-14)18(22,23)24)16-11-2-9-1-10(4-11)5-12(16)3-9/h9-11,13-16H,1-8H2. The first-order valence-electron chi connectivity index (χ1n) is 9.09. The summed E-state index contributed by atoms with van der Waals surface area (Å²) in [4.78, 5) is 0. The monoisotopic (exact) mass is 353 g/mol. The summed E-state index contributed by atoms with van der Waals surface area (Å²) in [7, 11) is 0. The molecule has 6 heteroatoms. The van der Waals surface area contributed by atoms with Crippen LogP contribution in [0.2, 0.25) is 0 Å². The molecule has 0 amide bonds. The van der Waals surface area contributed by atoms with E-state index in [0.717, 1.165) is 25.7 Å². The van der Waals surface area contributed by atoms with E-state index in [0.29, 0.717) is 17.8 Å². The van der Waals surface area contributed by atoms with E-state index in [2.05, 4.69) is 0 Å². The normalized spacial score (nSPS) is 46.5. The Kier molecular flexibility index (Phi) is 3.93. The molecule has 5 aliphatic carbocycles. The molecule has 5 unspecified atom stereocenters. The van der Waals surface area contributed by atoms with Gasteiger partial charge in [-0.3, -0.25) is 0 Å². The Bertz CT molecular complexity index is 429. The van der Waals surface area contributed by atoms with Gasteiger partial charge in [0.15, 0.2) is 0 Å². The van der Waals surface area contributed by atoms with E-state index in [-0.39, 0.29) is 18.8 Å². The highest BCUT2D eigenvalue weighted by molar-refractivity contribution is 5.15. The molecule has 5 fully saturated rings. The lowest BCUT2D eigenvalue weighted by molar-refractivity contribution is -0.233. The molecule has 0 aromatic carbocycles. The summed E-state index contributed by atoms with van der Waals surface area (Å²) in [5.41, 5.74) is 0. The van der Waals surface area contributed by atoms with Gasteiger partial charge in [-0.15, -0.1) is 0 Å². The zero-order valence-electron chi connectivity index (χ0n) is 13.5. The van der Waals surface area contributed by atoms with Crippen LogP contribution in [0.25, 0.3) is 0 Å². The minimum Gasteiger partial charge on any atom is -0.171 e. The van der Waals surface area contributed by atoms with Gasteiger partial charge in [0.25, 0.3) is 0 Å². The van der Waals surface area contributed by atoms with E-state index in [1.807, 2.05) is 0 Å². The van der Waals surface area contributed by atoms with E-state index in [1.165, 1.54) is 12.3 Å². The van der Waals surface area contributed by atoms with Gasteiger partial charge in [0.05, 0.1) is 11.8 Å². The van der Waals surface area contributed by atoms with Gasteiger partial charge in [-0.2, -0.15) is 26.3 Å². The lowest BCUT2D eigenvalue weighted by Gasteiger charge is -2.57. The molecule has 0 aromatic rings. The molecule has 0 aromatic heterocycles. The Morgan fingerprint density at radius 3 is 1.46 bits per heavy atom. The fourth-order valence-electron chi connectivity index (χ4n) is 6.58. The summed E-state index contributed by atoms with van der Waals surface area (Å²) in [6.07, 6.45) is -4.83. The Labute approximate surface area is 138 Å². The second-order valence-electron chi connectivity index (χ2n) is 8.74. The molecule has 1 radical (unpaired) electrons. The minimum absolute atomic E-state index is 0.0211. The highest BCUT2D eigenvalue weighted by atomic mass is 19.4. The van der Waals surface area contributed by atoms with Crippen LogP contribution in [0.5, 0.6) is 0 Å². The van der Waals surface area contributed by atoms with Crippen LogP contribution in [0.3, 0.4) is 0 Å². The number of hydrogen-bond acceptors (Lipinski definition) is 0. The lowest BCUT2D eigenvalue weighted by atomic mass is 9.48. The van der Waals surface area contributed by atoms with Crippen molar-refractivity contribution in [1.29, 1.82) is 0 Å². The molecular formula is C18H23F6. The molecular weight excluding hydrogens is 330 g/mol. The van der Waals surface area contributed by atoms with E-state index in [1.54, 1.807) is 0 Å². The zero-order valence-corrected chi connectivity index (χ0v) is 13.5.